The van der Waals surface area contributed by atoms with Crippen molar-refractivity contribution in [2.24, 2.45) is 4.99 Å². The number of hydrogen-bond donors (Lipinski definition) is 1. The van der Waals surface area contributed by atoms with E-state index in [0.29, 0.717) is 12.2 Å². The molecule has 122 valence electrons. The Labute approximate surface area is 140 Å². The number of ether oxygens (including phenoxy) is 1. The number of aryl methyl sites for hydroxylation is 1. The van der Waals surface area contributed by atoms with E-state index in [-0.39, 0.29) is 5.56 Å². The summed E-state index contributed by atoms with van der Waals surface area (Å²) >= 11 is 0. The molecule has 0 aliphatic rings. The van der Waals surface area contributed by atoms with Gasteiger partial charge in [0, 0.05) is 11.9 Å². The van der Waals surface area contributed by atoms with E-state index in [2.05, 4.69) is 10.1 Å². The van der Waals surface area contributed by atoms with Crippen molar-refractivity contribution in [2.45, 2.75) is 13.8 Å². The second-order valence-electron chi connectivity index (χ2n) is 5.31. The van der Waals surface area contributed by atoms with Gasteiger partial charge in [-0.2, -0.15) is 0 Å². The van der Waals surface area contributed by atoms with Gasteiger partial charge >= 0.3 is 0 Å². The fourth-order valence-corrected chi connectivity index (χ4v) is 2.40. The van der Waals surface area contributed by atoms with E-state index in [1.54, 1.807) is 6.21 Å². The smallest absolute Gasteiger partial charge is 0.280 e. The van der Waals surface area contributed by atoms with Crippen LogP contribution in [0.2, 0.25) is 0 Å². The molecule has 3 aromatic rings. The molecule has 1 aromatic heterocycles. The molecule has 0 saturated heterocycles. The topological polar surface area (TPSA) is 59.4 Å². The van der Waals surface area contributed by atoms with Crippen LogP contribution in [0.5, 0.6) is 5.75 Å². The molecule has 24 heavy (non-hydrogen) atoms. The van der Waals surface area contributed by atoms with Crippen LogP contribution in [0.1, 0.15) is 18.2 Å². The lowest BCUT2D eigenvalue weighted by Crippen LogP contribution is -2.17. The first-order valence-electron chi connectivity index (χ1n) is 7.83. The first-order valence-corrected chi connectivity index (χ1v) is 7.83. The highest BCUT2D eigenvalue weighted by Gasteiger charge is 2.10. The highest BCUT2D eigenvalue weighted by Crippen LogP contribution is 2.18. The number of nitrogens with zero attached hydrogens (tertiary/aromatic N) is 2. The summed E-state index contributed by atoms with van der Waals surface area (Å²) in [7, 11) is 0. The Morgan fingerprint density at radius 3 is 2.50 bits per heavy atom. The predicted octanol–water partition coefficient (Wildman–Crippen LogP) is 3.62. The van der Waals surface area contributed by atoms with Crippen molar-refractivity contribution in [3.8, 4) is 11.4 Å². The summed E-state index contributed by atoms with van der Waals surface area (Å²) in [4.78, 5) is 17.0. The first kappa shape index (κ1) is 15.8. The van der Waals surface area contributed by atoms with Crippen molar-refractivity contribution in [3.63, 3.8) is 0 Å². The van der Waals surface area contributed by atoms with Crippen LogP contribution in [0.4, 0.5) is 5.69 Å². The summed E-state index contributed by atoms with van der Waals surface area (Å²) in [6, 6.07) is 16.9. The second-order valence-corrected chi connectivity index (χ2v) is 5.31. The van der Waals surface area contributed by atoms with Crippen LogP contribution in [0.3, 0.4) is 0 Å². The van der Waals surface area contributed by atoms with Gasteiger partial charge in [-0.15, -0.1) is 0 Å². The van der Waals surface area contributed by atoms with Crippen molar-refractivity contribution in [1.82, 2.24) is 9.78 Å². The molecular weight excluding hydrogens is 302 g/mol. The van der Waals surface area contributed by atoms with Crippen LogP contribution in [0.15, 0.2) is 64.4 Å². The van der Waals surface area contributed by atoms with Crippen molar-refractivity contribution in [1.29, 1.82) is 0 Å². The van der Waals surface area contributed by atoms with Crippen LogP contribution in [0, 0.1) is 6.92 Å². The fraction of sp³-hybridized carbons (Fsp3) is 0.158. The zero-order valence-electron chi connectivity index (χ0n) is 13.7. The number of nitrogens with one attached hydrogen (secondary N) is 1. The molecule has 0 fully saturated rings. The normalized spacial score (nSPS) is 11.1. The Balaban J connectivity index is 1.88. The van der Waals surface area contributed by atoms with Crippen LogP contribution >= 0.6 is 0 Å². The maximum absolute atomic E-state index is 12.6. The van der Waals surface area contributed by atoms with E-state index in [4.69, 9.17) is 4.74 Å². The maximum Gasteiger partial charge on any atom is 0.280 e. The average molecular weight is 321 g/mol. The van der Waals surface area contributed by atoms with Crippen molar-refractivity contribution >= 4 is 11.9 Å². The standard InChI is InChI=1S/C19H19N3O2/c1-3-24-17-11-9-15(10-12-17)20-13-18-14(2)21-22(19(18)23)16-7-5-4-6-8-16/h4-13,21H,3H2,1-2H3. The molecule has 0 amide bonds. The third-order valence-electron chi connectivity index (χ3n) is 3.62. The van der Waals surface area contributed by atoms with E-state index in [9.17, 15) is 4.79 Å². The number of rotatable bonds is 5. The fourth-order valence-electron chi connectivity index (χ4n) is 2.40. The number of aliphatic imine (C=N–C) groups is 1. The third kappa shape index (κ3) is 3.30. The van der Waals surface area contributed by atoms with E-state index < -0.39 is 0 Å². The lowest BCUT2D eigenvalue weighted by atomic mass is 10.2. The molecule has 0 radical (unpaired) electrons. The van der Waals surface area contributed by atoms with Gasteiger partial charge in [-0.1, -0.05) is 18.2 Å². The van der Waals surface area contributed by atoms with Crippen LogP contribution in [-0.2, 0) is 0 Å². The number of benzene rings is 2. The van der Waals surface area contributed by atoms with Crippen molar-refractivity contribution < 1.29 is 4.74 Å². The first-order chi connectivity index (χ1) is 11.7. The summed E-state index contributed by atoms with van der Waals surface area (Å²) in [5.74, 6) is 0.806. The Morgan fingerprint density at radius 1 is 1.12 bits per heavy atom. The Morgan fingerprint density at radius 2 is 1.83 bits per heavy atom. The largest absolute Gasteiger partial charge is 0.494 e. The SMILES string of the molecule is CCOc1ccc(N=Cc2c(C)[nH]n(-c3ccccc3)c2=O)cc1. The van der Waals surface area contributed by atoms with Gasteiger partial charge in [0.05, 0.1) is 23.5 Å². The Bertz CT molecular complexity index is 891. The van der Waals surface area contributed by atoms with Crippen LogP contribution < -0.4 is 10.3 Å². The summed E-state index contributed by atoms with van der Waals surface area (Å²) in [5.41, 5.74) is 2.77. The molecule has 0 aliphatic carbocycles. The molecule has 5 nitrogen and oxygen atoms in total. The van der Waals surface area contributed by atoms with Crippen LogP contribution in [-0.4, -0.2) is 22.6 Å². The molecule has 0 spiro atoms. The van der Waals surface area contributed by atoms with Gasteiger partial charge in [-0.05, 0) is 50.2 Å². The zero-order valence-corrected chi connectivity index (χ0v) is 13.7. The highest BCUT2D eigenvalue weighted by molar-refractivity contribution is 5.83. The Kier molecular flexibility index (Phi) is 4.61. The molecule has 0 unspecified atom stereocenters. The molecule has 5 heteroatoms. The van der Waals surface area contributed by atoms with Gasteiger partial charge < -0.3 is 4.74 Å². The predicted molar refractivity (Wildman–Crippen MR) is 96.0 cm³/mol. The van der Waals surface area contributed by atoms with E-state index in [1.807, 2.05) is 68.4 Å². The molecule has 0 atom stereocenters. The summed E-state index contributed by atoms with van der Waals surface area (Å²) < 4.78 is 6.93. The number of aromatic amines is 1. The lowest BCUT2D eigenvalue weighted by molar-refractivity contribution is 0.340. The molecular formula is C19H19N3O2. The van der Waals surface area contributed by atoms with Gasteiger partial charge in [-0.25, -0.2) is 4.68 Å². The number of aromatic nitrogens is 2. The number of H-pyrrole nitrogens is 1. The number of para-hydroxylation sites is 1. The van der Waals surface area contributed by atoms with Crippen molar-refractivity contribution in [2.75, 3.05) is 6.61 Å². The molecule has 1 heterocycles. The van der Waals surface area contributed by atoms with Gasteiger partial charge in [0.15, 0.2) is 0 Å². The van der Waals surface area contributed by atoms with Gasteiger partial charge in [-0.3, -0.25) is 14.9 Å². The molecule has 3 rings (SSSR count). The summed E-state index contributed by atoms with van der Waals surface area (Å²) in [6.07, 6.45) is 1.60. The second kappa shape index (κ2) is 7.00. The average Bonchev–Trinajstić information content (AvgIpc) is 2.90. The Hall–Kier alpha value is -3.08. The van der Waals surface area contributed by atoms with Crippen LogP contribution in [0.25, 0.3) is 5.69 Å². The minimum absolute atomic E-state index is 0.117. The molecule has 2 aromatic carbocycles. The third-order valence-corrected chi connectivity index (χ3v) is 3.62. The summed E-state index contributed by atoms with van der Waals surface area (Å²) in [5, 5.41) is 3.08. The van der Waals surface area contributed by atoms with E-state index in [0.717, 1.165) is 22.8 Å². The zero-order chi connectivity index (χ0) is 16.9. The minimum Gasteiger partial charge on any atom is -0.494 e. The lowest BCUT2D eigenvalue weighted by Gasteiger charge is -2.01. The van der Waals surface area contributed by atoms with Crippen molar-refractivity contribution in [3.05, 3.63) is 76.2 Å². The van der Waals surface area contributed by atoms with Gasteiger partial charge in [0.1, 0.15) is 5.75 Å². The molecule has 0 bridgehead atoms. The number of hydrogen-bond acceptors (Lipinski definition) is 3. The van der Waals surface area contributed by atoms with E-state index >= 15 is 0 Å². The van der Waals surface area contributed by atoms with E-state index in [1.165, 1.54) is 4.68 Å². The van der Waals surface area contributed by atoms with Gasteiger partial charge in [0.25, 0.3) is 5.56 Å². The quantitative estimate of drug-likeness (QED) is 0.730. The maximum atomic E-state index is 12.6. The molecule has 0 saturated carbocycles. The minimum atomic E-state index is -0.117. The van der Waals surface area contributed by atoms with Gasteiger partial charge in [0.2, 0.25) is 0 Å². The monoisotopic (exact) mass is 321 g/mol. The summed E-state index contributed by atoms with van der Waals surface area (Å²) in [6.45, 7) is 4.43. The molecule has 0 aliphatic heterocycles. The highest BCUT2D eigenvalue weighted by atomic mass is 16.5. The molecule has 1 N–H and O–H groups in total.